The van der Waals surface area contributed by atoms with Gasteiger partial charge >= 0.3 is 0 Å². The number of rotatable bonds is 3. The fraction of sp³-hybridized carbons (Fsp3) is 0.462. The van der Waals surface area contributed by atoms with Gasteiger partial charge in [0.25, 0.3) is 0 Å². The van der Waals surface area contributed by atoms with Gasteiger partial charge in [0.05, 0.1) is 0 Å². The molecule has 3 N–H and O–H groups in total. The van der Waals surface area contributed by atoms with Crippen molar-refractivity contribution in [3.63, 3.8) is 0 Å². The highest BCUT2D eigenvalue weighted by atomic mass is 15.1. The molecule has 1 rings (SSSR count). The van der Waals surface area contributed by atoms with E-state index in [0.717, 1.165) is 17.8 Å². The second kappa shape index (κ2) is 4.56. The Labute approximate surface area is 97.8 Å². The Morgan fingerprint density at radius 2 is 1.75 bits per heavy atom. The van der Waals surface area contributed by atoms with E-state index in [1.807, 2.05) is 24.3 Å². The standard InChI is InChI=1S/C13H21N3/c1-13(2,3)9-16(4)11-7-5-10(6-8-11)12(14)15/h5-8H,9H2,1-4H3,(H3,14,15). The first-order valence-electron chi connectivity index (χ1n) is 5.45. The van der Waals surface area contributed by atoms with Crippen molar-refractivity contribution in [2.24, 2.45) is 11.1 Å². The number of nitrogen functional groups attached to an aromatic ring is 1. The number of nitrogens with two attached hydrogens (primary N) is 1. The molecule has 0 spiro atoms. The quantitative estimate of drug-likeness (QED) is 0.606. The van der Waals surface area contributed by atoms with Crippen LogP contribution in [0.15, 0.2) is 24.3 Å². The lowest BCUT2D eigenvalue weighted by Crippen LogP contribution is -2.29. The number of anilines is 1. The van der Waals surface area contributed by atoms with Crippen molar-refractivity contribution in [3.8, 4) is 0 Å². The van der Waals surface area contributed by atoms with Gasteiger partial charge in [-0.2, -0.15) is 0 Å². The molecule has 0 bridgehead atoms. The number of nitrogens with one attached hydrogen (secondary N) is 1. The van der Waals surface area contributed by atoms with Crippen molar-refractivity contribution in [2.75, 3.05) is 18.5 Å². The average molecular weight is 219 g/mol. The van der Waals surface area contributed by atoms with E-state index in [2.05, 4.69) is 32.7 Å². The zero-order valence-corrected chi connectivity index (χ0v) is 10.5. The van der Waals surface area contributed by atoms with Crippen LogP contribution in [0.25, 0.3) is 0 Å². The predicted octanol–water partition coefficient (Wildman–Crippen LogP) is 2.45. The molecule has 0 heterocycles. The molecule has 3 nitrogen and oxygen atoms in total. The lowest BCUT2D eigenvalue weighted by molar-refractivity contribution is 0.419. The topological polar surface area (TPSA) is 53.1 Å². The summed E-state index contributed by atoms with van der Waals surface area (Å²) in [5.74, 6) is 0.116. The van der Waals surface area contributed by atoms with Crippen LogP contribution in [-0.2, 0) is 0 Å². The Kier molecular flexibility index (Phi) is 3.58. The molecule has 0 saturated heterocycles. The number of hydrogen-bond acceptors (Lipinski definition) is 2. The summed E-state index contributed by atoms with van der Waals surface area (Å²) in [4.78, 5) is 2.21. The van der Waals surface area contributed by atoms with Gasteiger partial charge in [-0.3, -0.25) is 5.41 Å². The van der Waals surface area contributed by atoms with Gasteiger partial charge in [-0.05, 0) is 29.7 Å². The Morgan fingerprint density at radius 3 is 2.12 bits per heavy atom. The largest absolute Gasteiger partial charge is 0.384 e. The zero-order chi connectivity index (χ0) is 12.3. The molecule has 0 fully saturated rings. The van der Waals surface area contributed by atoms with Crippen LogP contribution in [0.3, 0.4) is 0 Å². The van der Waals surface area contributed by atoms with Gasteiger partial charge in [-0.25, -0.2) is 0 Å². The molecule has 16 heavy (non-hydrogen) atoms. The van der Waals surface area contributed by atoms with E-state index in [-0.39, 0.29) is 11.3 Å². The van der Waals surface area contributed by atoms with E-state index in [0.29, 0.717) is 0 Å². The third kappa shape index (κ3) is 3.57. The smallest absolute Gasteiger partial charge is 0.122 e. The van der Waals surface area contributed by atoms with Crippen molar-refractivity contribution in [3.05, 3.63) is 29.8 Å². The first kappa shape index (κ1) is 12.6. The zero-order valence-electron chi connectivity index (χ0n) is 10.5. The molecule has 0 amide bonds. The van der Waals surface area contributed by atoms with Gasteiger partial charge in [-0.1, -0.05) is 20.8 Å². The molecule has 3 heteroatoms. The summed E-state index contributed by atoms with van der Waals surface area (Å²) in [6.45, 7) is 7.64. The average Bonchev–Trinajstić information content (AvgIpc) is 2.15. The van der Waals surface area contributed by atoms with Crippen LogP contribution in [-0.4, -0.2) is 19.4 Å². The molecule has 0 aromatic heterocycles. The van der Waals surface area contributed by atoms with Crippen LogP contribution in [0.1, 0.15) is 26.3 Å². The lowest BCUT2D eigenvalue weighted by Gasteiger charge is -2.28. The van der Waals surface area contributed by atoms with E-state index in [1.54, 1.807) is 0 Å². The van der Waals surface area contributed by atoms with Gasteiger partial charge in [0.1, 0.15) is 5.84 Å². The lowest BCUT2D eigenvalue weighted by atomic mass is 9.96. The molecule has 0 atom stereocenters. The minimum Gasteiger partial charge on any atom is -0.384 e. The summed E-state index contributed by atoms with van der Waals surface area (Å²) in [6, 6.07) is 7.78. The third-order valence-corrected chi connectivity index (χ3v) is 2.33. The minimum atomic E-state index is 0.116. The maximum absolute atomic E-state index is 7.32. The summed E-state index contributed by atoms with van der Waals surface area (Å²) in [6.07, 6.45) is 0. The highest BCUT2D eigenvalue weighted by Gasteiger charge is 2.13. The number of benzene rings is 1. The second-order valence-electron chi connectivity index (χ2n) is 5.38. The van der Waals surface area contributed by atoms with E-state index < -0.39 is 0 Å². The molecule has 0 radical (unpaired) electrons. The molecule has 1 aromatic carbocycles. The first-order chi connectivity index (χ1) is 7.29. The number of nitrogens with zero attached hydrogens (tertiary/aromatic N) is 1. The molecule has 0 saturated carbocycles. The van der Waals surface area contributed by atoms with E-state index >= 15 is 0 Å². The van der Waals surface area contributed by atoms with Crippen LogP contribution in [0, 0.1) is 10.8 Å². The van der Waals surface area contributed by atoms with Crippen LogP contribution in [0.4, 0.5) is 5.69 Å². The molecule has 0 aliphatic carbocycles. The third-order valence-electron chi connectivity index (χ3n) is 2.33. The van der Waals surface area contributed by atoms with Gasteiger partial charge in [0.2, 0.25) is 0 Å². The van der Waals surface area contributed by atoms with E-state index in [4.69, 9.17) is 11.1 Å². The van der Waals surface area contributed by atoms with Gasteiger partial charge in [0.15, 0.2) is 0 Å². The Balaban J connectivity index is 2.78. The number of amidine groups is 1. The summed E-state index contributed by atoms with van der Waals surface area (Å²) in [5, 5.41) is 7.32. The van der Waals surface area contributed by atoms with Gasteiger partial charge in [0, 0.05) is 24.8 Å². The summed E-state index contributed by atoms with van der Waals surface area (Å²) < 4.78 is 0. The molecule has 0 aliphatic rings. The highest BCUT2D eigenvalue weighted by molar-refractivity contribution is 5.95. The molecular weight excluding hydrogens is 198 g/mol. The van der Waals surface area contributed by atoms with E-state index in [9.17, 15) is 0 Å². The van der Waals surface area contributed by atoms with Crippen molar-refractivity contribution >= 4 is 11.5 Å². The van der Waals surface area contributed by atoms with Crippen molar-refractivity contribution in [1.29, 1.82) is 5.41 Å². The number of hydrogen-bond donors (Lipinski definition) is 2. The Bertz CT molecular complexity index is 360. The van der Waals surface area contributed by atoms with Gasteiger partial charge in [-0.15, -0.1) is 0 Å². The maximum atomic E-state index is 7.32. The van der Waals surface area contributed by atoms with Crippen LogP contribution in [0.5, 0.6) is 0 Å². The molecule has 1 aromatic rings. The SMILES string of the molecule is CN(CC(C)(C)C)c1ccc(C(=N)N)cc1. The normalized spacial score (nSPS) is 11.2. The monoisotopic (exact) mass is 219 g/mol. The fourth-order valence-electron chi connectivity index (χ4n) is 1.70. The molecule has 0 unspecified atom stereocenters. The minimum absolute atomic E-state index is 0.116. The van der Waals surface area contributed by atoms with Crippen molar-refractivity contribution in [1.82, 2.24) is 0 Å². The van der Waals surface area contributed by atoms with Crippen LogP contribution >= 0.6 is 0 Å². The van der Waals surface area contributed by atoms with E-state index in [1.165, 1.54) is 0 Å². The van der Waals surface area contributed by atoms with Crippen LogP contribution in [0.2, 0.25) is 0 Å². The molecular formula is C13H21N3. The predicted molar refractivity (Wildman–Crippen MR) is 70.2 cm³/mol. The fourth-order valence-corrected chi connectivity index (χ4v) is 1.70. The Morgan fingerprint density at radius 1 is 1.25 bits per heavy atom. The second-order valence-corrected chi connectivity index (χ2v) is 5.38. The highest BCUT2D eigenvalue weighted by Crippen LogP contribution is 2.20. The van der Waals surface area contributed by atoms with Crippen molar-refractivity contribution < 1.29 is 0 Å². The van der Waals surface area contributed by atoms with Crippen molar-refractivity contribution in [2.45, 2.75) is 20.8 Å². The molecule has 0 aliphatic heterocycles. The first-order valence-corrected chi connectivity index (χ1v) is 5.45. The summed E-state index contributed by atoms with van der Waals surface area (Å²) >= 11 is 0. The summed E-state index contributed by atoms with van der Waals surface area (Å²) in [7, 11) is 2.08. The summed E-state index contributed by atoms with van der Waals surface area (Å²) in [5.41, 5.74) is 7.61. The Hall–Kier alpha value is -1.51. The maximum Gasteiger partial charge on any atom is 0.122 e. The van der Waals surface area contributed by atoms with Crippen LogP contribution < -0.4 is 10.6 Å². The molecule has 88 valence electrons. The van der Waals surface area contributed by atoms with Gasteiger partial charge < -0.3 is 10.6 Å².